The molecule has 1 aliphatic heterocycles. The molecule has 1 N–H and O–H groups in total. The van der Waals surface area contributed by atoms with Crippen LogP contribution in [0.4, 0.5) is 0 Å². The largest absolute Gasteiger partial charge is 0.496 e. The maximum absolute atomic E-state index is 13.8. The first-order valence-corrected chi connectivity index (χ1v) is 13.8. The van der Waals surface area contributed by atoms with Crippen molar-refractivity contribution in [3.05, 3.63) is 72.6 Å². The number of hydrogen-bond donors (Lipinski definition) is 1. The van der Waals surface area contributed by atoms with Gasteiger partial charge in [0.25, 0.3) is 5.91 Å². The second-order valence-electron chi connectivity index (χ2n) is 9.52. The van der Waals surface area contributed by atoms with Crippen molar-refractivity contribution in [1.82, 2.24) is 14.2 Å². The lowest BCUT2D eigenvalue weighted by Gasteiger charge is -2.37. The molecule has 1 aliphatic rings. The van der Waals surface area contributed by atoms with Crippen LogP contribution < -0.4 is 9.47 Å². The topological polar surface area (TPSA) is 109 Å². The van der Waals surface area contributed by atoms with Gasteiger partial charge in [-0.2, -0.15) is 4.31 Å². The molecule has 0 spiro atoms. The number of pyridine rings is 1. The first kappa shape index (κ1) is 27.6. The number of para-hydroxylation sites is 1. The van der Waals surface area contributed by atoms with Crippen LogP contribution in [0.1, 0.15) is 24.2 Å². The lowest BCUT2D eigenvalue weighted by Crippen LogP contribution is -2.50. The number of rotatable bonds is 7. The number of fused-ring (bicyclic) bond motifs is 1. The molecule has 3 aromatic rings. The number of methoxy groups -OCH3 is 1. The van der Waals surface area contributed by atoms with Crippen molar-refractivity contribution < 1.29 is 27.8 Å². The molecule has 0 unspecified atom stereocenters. The molecule has 1 aromatic heterocycles. The molecule has 0 saturated heterocycles. The summed E-state index contributed by atoms with van der Waals surface area (Å²) in [7, 11) is -0.716. The molecule has 4 rings (SSSR count). The Kier molecular flexibility index (Phi) is 8.35. The quantitative estimate of drug-likeness (QED) is 0.491. The fourth-order valence-corrected chi connectivity index (χ4v) is 6.39. The van der Waals surface area contributed by atoms with Crippen molar-refractivity contribution in [3.8, 4) is 22.6 Å². The average Bonchev–Trinajstić information content (AvgIpc) is 2.94. The minimum atomic E-state index is -3.98. The van der Waals surface area contributed by atoms with Gasteiger partial charge in [0.1, 0.15) is 22.5 Å². The number of carbonyl (C=O) groups is 1. The first-order chi connectivity index (χ1) is 18.2. The molecule has 10 heteroatoms. The molecule has 0 fully saturated rings. The van der Waals surface area contributed by atoms with Gasteiger partial charge in [0.15, 0.2) is 0 Å². The number of likely N-dealkylation sites (N-methyl/N-ethyl adjacent to an activating group) is 1. The molecule has 3 atom stereocenters. The average molecular weight is 540 g/mol. The third-order valence-corrected chi connectivity index (χ3v) is 8.83. The number of benzene rings is 2. The molecule has 2 aromatic carbocycles. The monoisotopic (exact) mass is 539 g/mol. The number of ether oxygens (including phenoxy) is 2. The molecule has 202 valence electrons. The lowest BCUT2D eigenvalue weighted by molar-refractivity contribution is 0.0563. The highest BCUT2D eigenvalue weighted by Gasteiger charge is 2.38. The highest BCUT2D eigenvalue weighted by Crippen LogP contribution is 2.38. The number of hydrogen-bond acceptors (Lipinski definition) is 7. The summed E-state index contributed by atoms with van der Waals surface area (Å²) in [5.74, 6) is 0.338. The predicted octanol–water partition coefficient (Wildman–Crippen LogP) is 3.30. The maximum atomic E-state index is 13.8. The van der Waals surface area contributed by atoms with E-state index in [1.807, 2.05) is 31.2 Å². The second-order valence-corrected chi connectivity index (χ2v) is 11.4. The molecule has 1 amide bonds. The SMILES string of the molecule is COc1ccccc1-c1ccc2c(c1)O[C@H](CN(C)C(=O)c1ccncc1)[C@H](C)CN([C@H](C)CO)S2(=O)=O. The van der Waals surface area contributed by atoms with Crippen LogP contribution in [-0.4, -0.2) is 79.6 Å². The van der Waals surface area contributed by atoms with E-state index in [0.29, 0.717) is 11.3 Å². The van der Waals surface area contributed by atoms with Crippen LogP contribution in [0.2, 0.25) is 0 Å². The Morgan fingerprint density at radius 3 is 2.61 bits per heavy atom. The third kappa shape index (κ3) is 5.52. The first-order valence-electron chi connectivity index (χ1n) is 12.4. The smallest absolute Gasteiger partial charge is 0.253 e. The Balaban J connectivity index is 1.77. The van der Waals surface area contributed by atoms with Gasteiger partial charge in [0.2, 0.25) is 10.0 Å². The van der Waals surface area contributed by atoms with Gasteiger partial charge in [0.05, 0.1) is 20.3 Å². The van der Waals surface area contributed by atoms with E-state index in [0.717, 1.165) is 11.1 Å². The second kappa shape index (κ2) is 11.5. The number of amides is 1. The van der Waals surface area contributed by atoms with E-state index in [2.05, 4.69) is 4.98 Å². The number of sulfonamides is 1. The molecular weight excluding hydrogens is 506 g/mol. The van der Waals surface area contributed by atoms with Gasteiger partial charge in [-0.05, 0) is 42.8 Å². The highest BCUT2D eigenvalue weighted by atomic mass is 32.2. The van der Waals surface area contributed by atoms with Gasteiger partial charge in [-0.15, -0.1) is 0 Å². The molecular formula is C28H33N3O6S. The number of aliphatic hydroxyl groups excluding tert-OH is 1. The van der Waals surface area contributed by atoms with Crippen LogP contribution in [-0.2, 0) is 10.0 Å². The number of aromatic nitrogens is 1. The minimum absolute atomic E-state index is 0.0106. The summed E-state index contributed by atoms with van der Waals surface area (Å²) in [5, 5.41) is 9.87. The van der Waals surface area contributed by atoms with Crippen molar-refractivity contribution in [2.75, 3.05) is 33.9 Å². The summed E-state index contributed by atoms with van der Waals surface area (Å²) in [6.07, 6.45) is 2.59. The minimum Gasteiger partial charge on any atom is -0.496 e. The number of carbonyl (C=O) groups excluding carboxylic acids is 1. The zero-order valence-corrected chi connectivity index (χ0v) is 22.8. The Bertz CT molecular complexity index is 1380. The maximum Gasteiger partial charge on any atom is 0.253 e. The summed E-state index contributed by atoms with van der Waals surface area (Å²) in [6, 6.07) is 15.1. The van der Waals surface area contributed by atoms with E-state index in [4.69, 9.17) is 9.47 Å². The zero-order valence-electron chi connectivity index (χ0n) is 21.9. The van der Waals surface area contributed by atoms with E-state index in [9.17, 15) is 18.3 Å². The Labute approximate surface area is 223 Å². The number of aliphatic hydroxyl groups is 1. The van der Waals surface area contributed by atoms with Gasteiger partial charge in [0, 0.05) is 49.1 Å². The fourth-order valence-electron chi connectivity index (χ4n) is 4.56. The lowest BCUT2D eigenvalue weighted by atomic mass is 10.0. The predicted molar refractivity (Wildman–Crippen MR) is 144 cm³/mol. The van der Waals surface area contributed by atoms with Crippen molar-refractivity contribution in [2.24, 2.45) is 5.92 Å². The third-order valence-electron chi connectivity index (χ3n) is 6.81. The molecule has 0 bridgehead atoms. The van der Waals surface area contributed by atoms with Crippen LogP contribution in [0.5, 0.6) is 11.5 Å². The molecule has 0 aliphatic carbocycles. The molecule has 0 saturated carbocycles. The van der Waals surface area contributed by atoms with E-state index in [1.54, 1.807) is 62.6 Å². The zero-order chi connectivity index (χ0) is 27.4. The van der Waals surface area contributed by atoms with Crippen LogP contribution in [0, 0.1) is 5.92 Å². The van der Waals surface area contributed by atoms with Crippen molar-refractivity contribution in [1.29, 1.82) is 0 Å². The van der Waals surface area contributed by atoms with E-state index < -0.39 is 22.2 Å². The molecule has 9 nitrogen and oxygen atoms in total. The van der Waals surface area contributed by atoms with Gasteiger partial charge in [-0.25, -0.2) is 8.42 Å². The van der Waals surface area contributed by atoms with Crippen LogP contribution >= 0.6 is 0 Å². The molecule has 0 radical (unpaired) electrons. The normalized spacial score (nSPS) is 19.8. The summed E-state index contributed by atoms with van der Waals surface area (Å²) < 4.78 is 40.8. The van der Waals surface area contributed by atoms with Crippen molar-refractivity contribution in [3.63, 3.8) is 0 Å². The van der Waals surface area contributed by atoms with Crippen LogP contribution in [0.15, 0.2) is 71.9 Å². The van der Waals surface area contributed by atoms with Crippen molar-refractivity contribution in [2.45, 2.75) is 30.9 Å². The molecule has 38 heavy (non-hydrogen) atoms. The highest BCUT2D eigenvalue weighted by molar-refractivity contribution is 7.89. The summed E-state index contributed by atoms with van der Waals surface area (Å²) in [5.41, 5.74) is 2.01. The van der Waals surface area contributed by atoms with E-state index in [-0.39, 0.29) is 42.2 Å². The van der Waals surface area contributed by atoms with Gasteiger partial charge in [-0.1, -0.05) is 31.2 Å². The van der Waals surface area contributed by atoms with Gasteiger partial charge in [-0.3, -0.25) is 9.78 Å². The number of nitrogens with zero attached hydrogens (tertiary/aromatic N) is 3. The summed E-state index contributed by atoms with van der Waals surface area (Å²) >= 11 is 0. The van der Waals surface area contributed by atoms with E-state index in [1.165, 1.54) is 10.4 Å². The Morgan fingerprint density at radius 2 is 1.92 bits per heavy atom. The Morgan fingerprint density at radius 1 is 1.21 bits per heavy atom. The van der Waals surface area contributed by atoms with Crippen LogP contribution in [0.25, 0.3) is 11.1 Å². The summed E-state index contributed by atoms with van der Waals surface area (Å²) in [4.78, 5) is 18.6. The van der Waals surface area contributed by atoms with Crippen molar-refractivity contribution >= 4 is 15.9 Å². The van der Waals surface area contributed by atoms with Crippen LogP contribution in [0.3, 0.4) is 0 Å². The fraction of sp³-hybridized carbons (Fsp3) is 0.357. The van der Waals surface area contributed by atoms with E-state index >= 15 is 0 Å². The van der Waals surface area contributed by atoms with Gasteiger partial charge >= 0.3 is 0 Å². The standard InChI is InChI=1S/C28H33N3O6S/c1-19-16-31(20(2)18-32)38(34,35)27-10-9-22(23-7-5-6-8-24(23)36-4)15-25(27)37-26(19)17-30(3)28(33)21-11-13-29-14-12-21/h5-15,19-20,26,32H,16-18H2,1-4H3/t19-,20-,26-/m1/s1. The molecule has 2 heterocycles. The van der Waals surface area contributed by atoms with Gasteiger partial charge < -0.3 is 19.5 Å². The Hall–Kier alpha value is -3.47. The summed E-state index contributed by atoms with van der Waals surface area (Å²) in [6.45, 7) is 3.58.